The average Bonchev–Trinajstić information content (AvgIpc) is 2.14. The van der Waals surface area contributed by atoms with Crippen molar-refractivity contribution in [2.75, 3.05) is 13.2 Å². The largest absolute Gasteiger partial charge is 0.396 e. The van der Waals surface area contributed by atoms with E-state index in [1.54, 1.807) is 0 Å². The molecular formula is C9H18ClNO2. The molecule has 0 bridgehead atoms. The number of nitrogens with one attached hydrogen (secondary N) is 1. The van der Waals surface area contributed by atoms with Crippen LogP contribution in [0.5, 0.6) is 0 Å². The number of aliphatic hydroxyl groups is 1. The monoisotopic (exact) mass is 207 g/mol. The number of carbonyl (C=O) groups excluding carboxylic acids is 1. The number of unbranched alkanes of at least 4 members (excludes halogenated alkanes) is 1. The standard InChI is InChI=1S/C9H18ClNO2/c1-2-3-5-8(10)9(13)11-6-4-7-12/h8,12H,2-7H2,1H3,(H,11,13). The number of hydrogen-bond acceptors (Lipinski definition) is 2. The van der Waals surface area contributed by atoms with Crippen molar-refractivity contribution in [3.05, 3.63) is 0 Å². The highest BCUT2D eigenvalue weighted by Gasteiger charge is 2.12. The Kier molecular flexibility index (Phi) is 8.14. The third-order valence-electron chi connectivity index (χ3n) is 1.73. The first-order valence-corrected chi connectivity index (χ1v) is 5.18. The lowest BCUT2D eigenvalue weighted by Gasteiger charge is -2.08. The molecule has 3 nitrogen and oxygen atoms in total. The highest BCUT2D eigenvalue weighted by Crippen LogP contribution is 2.07. The fourth-order valence-electron chi connectivity index (χ4n) is 0.916. The Balaban J connectivity index is 3.45. The first kappa shape index (κ1) is 12.7. The molecule has 0 aromatic carbocycles. The Morgan fingerprint density at radius 1 is 1.54 bits per heavy atom. The van der Waals surface area contributed by atoms with Gasteiger partial charge in [0.25, 0.3) is 0 Å². The minimum atomic E-state index is -0.418. The van der Waals surface area contributed by atoms with Gasteiger partial charge < -0.3 is 10.4 Å². The summed E-state index contributed by atoms with van der Waals surface area (Å²) in [5, 5.41) is 10.7. The predicted octanol–water partition coefficient (Wildman–Crippen LogP) is 1.28. The van der Waals surface area contributed by atoms with Gasteiger partial charge in [0, 0.05) is 13.2 Å². The van der Waals surface area contributed by atoms with Crippen LogP contribution >= 0.6 is 11.6 Å². The molecule has 0 aliphatic rings. The zero-order valence-corrected chi connectivity index (χ0v) is 8.81. The summed E-state index contributed by atoms with van der Waals surface area (Å²) in [5.74, 6) is -0.122. The van der Waals surface area contributed by atoms with Gasteiger partial charge in [0.15, 0.2) is 0 Å². The Bertz CT molecular complexity index is 142. The second-order valence-electron chi connectivity index (χ2n) is 2.98. The Morgan fingerprint density at radius 2 is 2.23 bits per heavy atom. The van der Waals surface area contributed by atoms with Gasteiger partial charge in [0.1, 0.15) is 5.38 Å². The van der Waals surface area contributed by atoms with Crippen molar-refractivity contribution in [1.82, 2.24) is 5.32 Å². The fourth-order valence-corrected chi connectivity index (χ4v) is 1.15. The maximum atomic E-state index is 11.2. The molecule has 4 heteroatoms. The van der Waals surface area contributed by atoms with Crippen LogP contribution in [-0.2, 0) is 4.79 Å². The van der Waals surface area contributed by atoms with Gasteiger partial charge in [0.05, 0.1) is 0 Å². The Morgan fingerprint density at radius 3 is 2.77 bits per heavy atom. The van der Waals surface area contributed by atoms with Gasteiger partial charge in [-0.3, -0.25) is 4.79 Å². The fraction of sp³-hybridized carbons (Fsp3) is 0.889. The summed E-state index contributed by atoms with van der Waals surface area (Å²) in [6.07, 6.45) is 3.33. The molecule has 0 aromatic rings. The maximum absolute atomic E-state index is 11.2. The van der Waals surface area contributed by atoms with Crippen LogP contribution in [0.2, 0.25) is 0 Å². The van der Waals surface area contributed by atoms with E-state index in [-0.39, 0.29) is 12.5 Å². The number of rotatable bonds is 7. The van der Waals surface area contributed by atoms with Crippen LogP contribution in [0.3, 0.4) is 0 Å². The molecule has 1 unspecified atom stereocenters. The van der Waals surface area contributed by atoms with Crippen molar-refractivity contribution in [3.63, 3.8) is 0 Å². The van der Waals surface area contributed by atoms with E-state index in [4.69, 9.17) is 16.7 Å². The number of alkyl halides is 1. The van der Waals surface area contributed by atoms with E-state index in [9.17, 15) is 4.79 Å². The molecule has 13 heavy (non-hydrogen) atoms. The topological polar surface area (TPSA) is 49.3 Å². The van der Waals surface area contributed by atoms with E-state index in [0.717, 1.165) is 19.3 Å². The molecule has 0 aliphatic carbocycles. The molecule has 0 rings (SSSR count). The van der Waals surface area contributed by atoms with Gasteiger partial charge in [-0.25, -0.2) is 0 Å². The molecule has 0 fully saturated rings. The summed E-state index contributed by atoms with van der Waals surface area (Å²) in [6, 6.07) is 0. The number of amides is 1. The highest BCUT2D eigenvalue weighted by atomic mass is 35.5. The summed E-state index contributed by atoms with van der Waals surface area (Å²) in [5.41, 5.74) is 0. The van der Waals surface area contributed by atoms with Crippen LogP contribution in [0.1, 0.15) is 32.6 Å². The van der Waals surface area contributed by atoms with Crippen molar-refractivity contribution in [3.8, 4) is 0 Å². The van der Waals surface area contributed by atoms with Crippen LogP contribution in [0.4, 0.5) is 0 Å². The molecule has 2 N–H and O–H groups in total. The van der Waals surface area contributed by atoms with Gasteiger partial charge >= 0.3 is 0 Å². The van der Waals surface area contributed by atoms with E-state index >= 15 is 0 Å². The summed E-state index contributed by atoms with van der Waals surface area (Å²) in [6.45, 7) is 2.67. The van der Waals surface area contributed by atoms with Gasteiger partial charge in [-0.05, 0) is 12.8 Å². The molecular weight excluding hydrogens is 190 g/mol. The van der Waals surface area contributed by atoms with Gasteiger partial charge in [-0.1, -0.05) is 19.8 Å². The van der Waals surface area contributed by atoms with Crippen molar-refractivity contribution in [2.24, 2.45) is 0 Å². The lowest BCUT2D eigenvalue weighted by atomic mass is 10.2. The minimum Gasteiger partial charge on any atom is -0.396 e. The zero-order chi connectivity index (χ0) is 10.1. The third-order valence-corrected chi connectivity index (χ3v) is 2.15. The molecule has 0 aliphatic heterocycles. The lowest BCUT2D eigenvalue weighted by molar-refractivity contribution is -0.120. The van der Waals surface area contributed by atoms with E-state index in [2.05, 4.69) is 12.2 Å². The zero-order valence-electron chi connectivity index (χ0n) is 8.05. The quantitative estimate of drug-likeness (QED) is 0.488. The van der Waals surface area contributed by atoms with Crippen LogP contribution in [-0.4, -0.2) is 29.5 Å². The van der Waals surface area contributed by atoms with Crippen LogP contribution in [0.25, 0.3) is 0 Å². The summed E-state index contributed by atoms with van der Waals surface area (Å²) in [7, 11) is 0. The van der Waals surface area contributed by atoms with Crippen LogP contribution < -0.4 is 5.32 Å². The molecule has 0 aromatic heterocycles. The van der Waals surface area contributed by atoms with Crippen molar-refractivity contribution in [2.45, 2.75) is 38.0 Å². The van der Waals surface area contributed by atoms with Crippen molar-refractivity contribution >= 4 is 17.5 Å². The second kappa shape index (κ2) is 8.32. The molecule has 78 valence electrons. The highest BCUT2D eigenvalue weighted by molar-refractivity contribution is 6.30. The predicted molar refractivity (Wildman–Crippen MR) is 53.9 cm³/mol. The van der Waals surface area contributed by atoms with E-state index < -0.39 is 5.38 Å². The number of aliphatic hydroxyl groups excluding tert-OH is 1. The van der Waals surface area contributed by atoms with E-state index in [1.807, 2.05) is 0 Å². The number of halogens is 1. The third kappa shape index (κ3) is 6.84. The average molecular weight is 208 g/mol. The van der Waals surface area contributed by atoms with Gasteiger partial charge in [-0.15, -0.1) is 11.6 Å². The minimum absolute atomic E-state index is 0.0994. The van der Waals surface area contributed by atoms with Crippen molar-refractivity contribution in [1.29, 1.82) is 0 Å². The summed E-state index contributed by atoms with van der Waals surface area (Å²) in [4.78, 5) is 11.2. The molecule has 1 atom stereocenters. The molecule has 0 spiro atoms. The smallest absolute Gasteiger partial charge is 0.238 e. The summed E-state index contributed by atoms with van der Waals surface area (Å²) >= 11 is 5.81. The van der Waals surface area contributed by atoms with E-state index in [0.29, 0.717) is 13.0 Å². The van der Waals surface area contributed by atoms with Gasteiger partial charge in [-0.2, -0.15) is 0 Å². The second-order valence-corrected chi connectivity index (χ2v) is 3.50. The molecule has 0 saturated carbocycles. The molecule has 0 radical (unpaired) electrons. The molecule has 0 heterocycles. The Labute approximate surface area is 84.5 Å². The SMILES string of the molecule is CCCCC(Cl)C(=O)NCCCO. The molecule has 0 saturated heterocycles. The summed E-state index contributed by atoms with van der Waals surface area (Å²) < 4.78 is 0. The number of hydrogen-bond donors (Lipinski definition) is 2. The lowest BCUT2D eigenvalue weighted by Crippen LogP contribution is -2.32. The van der Waals surface area contributed by atoms with Gasteiger partial charge in [0.2, 0.25) is 5.91 Å². The van der Waals surface area contributed by atoms with E-state index in [1.165, 1.54) is 0 Å². The van der Waals surface area contributed by atoms with Crippen LogP contribution in [0.15, 0.2) is 0 Å². The Hall–Kier alpha value is -0.280. The van der Waals surface area contributed by atoms with Crippen molar-refractivity contribution < 1.29 is 9.90 Å². The first-order valence-electron chi connectivity index (χ1n) is 4.75. The normalized spacial score (nSPS) is 12.5. The number of carbonyl (C=O) groups is 1. The maximum Gasteiger partial charge on any atom is 0.238 e. The first-order chi connectivity index (χ1) is 6.22. The van der Waals surface area contributed by atoms with Crippen LogP contribution in [0, 0.1) is 0 Å². The molecule has 1 amide bonds.